The molecule has 2 amide bonds. The van der Waals surface area contributed by atoms with Crippen LogP contribution >= 0.6 is 0 Å². The second-order valence-corrected chi connectivity index (χ2v) is 6.89. The second-order valence-electron chi connectivity index (χ2n) is 6.89. The van der Waals surface area contributed by atoms with Gasteiger partial charge in [-0.2, -0.15) is 5.26 Å². The predicted molar refractivity (Wildman–Crippen MR) is 103 cm³/mol. The first kappa shape index (κ1) is 20.0. The van der Waals surface area contributed by atoms with Gasteiger partial charge in [-0.05, 0) is 38.5 Å². The minimum atomic E-state index is -0.569. The summed E-state index contributed by atoms with van der Waals surface area (Å²) in [6, 6.07) is 16.4. The lowest BCUT2D eigenvalue weighted by Gasteiger charge is -2.19. The van der Waals surface area contributed by atoms with Crippen molar-refractivity contribution < 1.29 is 14.3 Å². The molecule has 0 unspecified atom stereocenters. The van der Waals surface area contributed by atoms with Crippen LogP contribution in [0.4, 0.5) is 4.79 Å². The number of nitrogens with one attached hydrogen (secondary N) is 2. The first-order valence-corrected chi connectivity index (χ1v) is 8.65. The van der Waals surface area contributed by atoms with Gasteiger partial charge in [0.15, 0.2) is 0 Å². The average molecular weight is 365 g/mol. The van der Waals surface area contributed by atoms with Gasteiger partial charge in [-0.25, -0.2) is 4.79 Å². The monoisotopic (exact) mass is 365 g/mol. The van der Waals surface area contributed by atoms with E-state index < -0.39 is 11.7 Å². The van der Waals surface area contributed by atoms with Crippen LogP contribution in [0.3, 0.4) is 0 Å². The van der Waals surface area contributed by atoms with Crippen LogP contribution in [0.15, 0.2) is 48.5 Å². The van der Waals surface area contributed by atoms with Crippen LogP contribution in [0.5, 0.6) is 0 Å². The van der Waals surface area contributed by atoms with E-state index in [1.165, 1.54) is 0 Å². The minimum absolute atomic E-state index is 0.248. The summed E-state index contributed by atoms with van der Waals surface area (Å²) < 4.78 is 5.14. The lowest BCUT2D eigenvalue weighted by Crippen LogP contribution is -2.37. The fourth-order valence-electron chi connectivity index (χ4n) is 2.48. The Morgan fingerprint density at radius 2 is 1.56 bits per heavy atom. The highest BCUT2D eigenvalue weighted by Gasteiger charge is 2.16. The van der Waals surface area contributed by atoms with E-state index in [9.17, 15) is 14.9 Å². The molecule has 6 heteroatoms. The Morgan fingerprint density at radius 3 is 2.22 bits per heavy atom. The molecular weight excluding hydrogens is 342 g/mol. The molecule has 0 aliphatic heterocycles. The first-order valence-electron chi connectivity index (χ1n) is 8.65. The highest BCUT2D eigenvalue weighted by molar-refractivity contribution is 6.01. The highest BCUT2D eigenvalue weighted by atomic mass is 16.6. The molecule has 0 fully saturated rings. The Hall–Kier alpha value is -3.33. The van der Waals surface area contributed by atoms with Gasteiger partial charge < -0.3 is 15.4 Å². The van der Waals surface area contributed by atoms with Gasteiger partial charge in [0.05, 0.1) is 11.6 Å². The molecule has 2 N–H and O–H groups in total. The molecule has 0 aliphatic carbocycles. The quantitative estimate of drug-likeness (QED) is 0.794. The number of carbonyl (C=O) groups excluding carboxylic acids is 2. The fraction of sp³-hybridized carbons (Fsp3) is 0.286. The van der Waals surface area contributed by atoms with E-state index in [-0.39, 0.29) is 19.0 Å². The van der Waals surface area contributed by atoms with Crippen LogP contribution in [0, 0.1) is 11.3 Å². The van der Waals surface area contributed by atoms with Crippen LogP contribution in [-0.4, -0.2) is 30.7 Å². The number of carbonyl (C=O) groups is 2. The molecule has 0 aromatic heterocycles. The largest absolute Gasteiger partial charge is 0.444 e. The molecule has 0 saturated heterocycles. The van der Waals surface area contributed by atoms with Crippen molar-refractivity contribution in [2.75, 3.05) is 13.1 Å². The Bertz CT molecular complexity index is 863. The molecule has 0 bridgehead atoms. The topological polar surface area (TPSA) is 91.2 Å². The summed E-state index contributed by atoms with van der Waals surface area (Å²) in [6.07, 6.45) is -0.528. The lowest BCUT2D eigenvalue weighted by atomic mass is 9.95. The summed E-state index contributed by atoms with van der Waals surface area (Å²) >= 11 is 0. The summed E-state index contributed by atoms with van der Waals surface area (Å²) in [5, 5.41) is 14.7. The Labute approximate surface area is 159 Å². The highest BCUT2D eigenvalue weighted by Crippen LogP contribution is 2.26. The van der Waals surface area contributed by atoms with Crippen molar-refractivity contribution in [3.8, 4) is 17.2 Å². The number of ether oxygens (including phenoxy) is 1. The lowest BCUT2D eigenvalue weighted by molar-refractivity contribution is 0.0526. The number of alkyl carbamates (subject to hydrolysis) is 1. The second kappa shape index (κ2) is 8.86. The van der Waals surface area contributed by atoms with Crippen LogP contribution in [0.25, 0.3) is 11.1 Å². The number of hydrogen-bond acceptors (Lipinski definition) is 4. The standard InChI is InChI=1S/C21H23N3O3/c1-21(2,3)27-20(26)24-13-12-23-19(25)18-11-7-6-10-17(18)16-9-5-4-8-15(16)14-22/h4-11H,12-13H2,1-3H3,(H,23,25)(H,24,26). The zero-order valence-electron chi connectivity index (χ0n) is 15.7. The predicted octanol–water partition coefficient (Wildman–Crippen LogP) is 3.48. The smallest absolute Gasteiger partial charge is 0.407 e. The Morgan fingerprint density at radius 1 is 0.963 bits per heavy atom. The summed E-state index contributed by atoms with van der Waals surface area (Å²) in [5.74, 6) is -0.274. The Kier molecular flexibility index (Phi) is 6.56. The molecule has 0 atom stereocenters. The van der Waals surface area contributed by atoms with Crippen LogP contribution in [0.2, 0.25) is 0 Å². The van der Waals surface area contributed by atoms with Crippen molar-refractivity contribution in [1.29, 1.82) is 5.26 Å². The molecule has 140 valence electrons. The maximum Gasteiger partial charge on any atom is 0.407 e. The van der Waals surface area contributed by atoms with Crippen LogP contribution < -0.4 is 10.6 Å². The zero-order chi connectivity index (χ0) is 19.9. The van der Waals surface area contributed by atoms with Gasteiger partial charge in [0.25, 0.3) is 5.91 Å². The normalized spacial score (nSPS) is 10.6. The molecule has 2 aromatic rings. The van der Waals surface area contributed by atoms with Crippen molar-refractivity contribution in [2.24, 2.45) is 0 Å². The number of rotatable bonds is 5. The molecular formula is C21H23N3O3. The van der Waals surface area contributed by atoms with Gasteiger partial charge in [0.1, 0.15) is 5.60 Å². The van der Waals surface area contributed by atoms with E-state index in [0.717, 1.165) is 0 Å². The van der Waals surface area contributed by atoms with E-state index in [1.54, 1.807) is 45.0 Å². The summed E-state index contributed by atoms with van der Waals surface area (Å²) in [5.41, 5.74) is 1.80. The molecule has 0 saturated carbocycles. The van der Waals surface area contributed by atoms with Crippen molar-refractivity contribution in [2.45, 2.75) is 26.4 Å². The Balaban J connectivity index is 2.02. The summed E-state index contributed by atoms with van der Waals surface area (Å²) in [7, 11) is 0. The van der Waals surface area contributed by atoms with E-state index in [2.05, 4.69) is 16.7 Å². The van der Waals surface area contributed by atoms with Gasteiger partial charge >= 0.3 is 6.09 Å². The molecule has 6 nitrogen and oxygen atoms in total. The van der Waals surface area contributed by atoms with Crippen molar-refractivity contribution in [3.05, 3.63) is 59.7 Å². The summed E-state index contributed by atoms with van der Waals surface area (Å²) in [6.45, 7) is 5.85. The molecule has 0 spiro atoms. The molecule has 27 heavy (non-hydrogen) atoms. The van der Waals surface area contributed by atoms with E-state index in [0.29, 0.717) is 22.3 Å². The molecule has 0 aliphatic rings. The third-order valence-electron chi connectivity index (χ3n) is 3.59. The fourth-order valence-corrected chi connectivity index (χ4v) is 2.48. The maximum atomic E-state index is 12.6. The first-order chi connectivity index (χ1) is 12.8. The van der Waals surface area contributed by atoms with Gasteiger partial charge in [0.2, 0.25) is 0 Å². The molecule has 2 rings (SSSR count). The van der Waals surface area contributed by atoms with Gasteiger partial charge in [-0.3, -0.25) is 4.79 Å². The van der Waals surface area contributed by atoms with Crippen molar-refractivity contribution >= 4 is 12.0 Å². The third kappa shape index (κ3) is 5.86. The molecule has 0 radical (unpaired) electrons. The van der Waals surface area contributed by atoms with Gasteiger partial charge in [-0.15, -0.1) is 0 Å². The minimum Gasteiger partial charge on any atom is -0.444 e. The van der Waals surface area contributed by atoms with Crippen molar-refractivity contribution in [3.63, 3.8) is 0 Å². The van der Waals surface area contributed by atoms with Gasteiger partial charge in [-0.1, -0.05) is 36.4 Å². The SMILES string of the molecule is CC(C)(C)OC(=O)NCCNC(=O)c1ccccc1-c1ccccc1C#N. The van der Waals surface area contributed by atoms with Crippen molar-refractivity contribution in [1.82, 2.24) is 10.6 Å². The van der Waals surface area contributed by atoms with E-state index in [4.69, 9.17) is 4.74 Å². The van der Waals surface area contributed by atoms with E-state index >= 15 is 0 Å². The number of hydrogen-bond donors (Lipinski definition) is 2. The number of benzene rings is 2. The maximum absolute atomic E-state index is 12.6. The van der Waals surface area contributed by atoms with Crippen LogP contribution in [-0.2, 0) is 4.74 Å². The van der Waals surface area contributed by atoms with Gasteiger partial charge in [0, 0.05) is 24.2 Å². The third-order valence-corrected chi connectivity index (χ3v) is 3.59. The number of amides is 2. The number of nitrogens with zero attached hydrogens (tertiary/aromatic N) is 1. The molecule has 2 aromatic carbocycles. The zero-order valence-corrected chi connectivity index (χ0v) is 15.7. The average Bonchev–Trinajstić information content (AvgIpc) is 2.63. The van der Waals surface area contributed by atoms with E-state index in [1.807, 2.05) is 24.3 Å². The number of nitriles is 1. The molecule has 0 heterocycles. The van der Waals surface area contributed by atoms with Crippen LogP contribution in [0.1, 0.15) is 36.7 Å². The summed E-state index contributed by atoms with van der Waals surface area (Å²) in [4.78, 5) is 24.2.